The Morgan fingerprint density at radius 2 is 1.66 bits per heavy atom. The Labute approximate surface area is 242 Å². The van der Waals surface area contributed by atoms with E-state index in [2.05, 4.69) is 46.4 Å². The van der Waals surface area contributed by atoms with E-state index in [1.165, 1.54) is 0 Å². The number of hydrogen-bond acceptors (Lipinski definition) is 4. The molecule has 228 valence electrons. The lowest BCUT2D eigenvalue weighted by Gasteiger charge is -2.70. The minimum atomic E-state index is -5.08. The number of hydroxylamine groups is 2. The molecule has 9 atom stereocenters. The molecule has 0 radical (unpaired) electrons. The van der Waals surface area contributed by atoms with Gasteiger partial charge in [-0.25, -0.2) is 0 Å². The number of nitrogens with zero attached hydrogens (tertiary/aromatic N) is 1. The van der Waals surface area contributed by atoms with Gasteiger partial charge in [-0.05, 0) is 103 Å². The highest BCUT2D eigenvalue weighted by Crippen LogP contribution is 2.75. The number of terminal acetylenes is 1. The van der Waals surface area contributed by atoms with Crippen molar-refractivity contribution in [3.63, 3.8) is 0 Å². The average molecular weight is 578 g/mol. The van der Waals surface area contributed by atoms with Crippen LogP contribution < -0.4 is 0 Å². The van der Waals surface area contributed by atoms with Gasteiger partial charge in [0, 0.05) is 12.0 Å². The summed E-state index contributed by atoms with van der Waals surface area (Å²) < 4.78 is 39.1. The first-order chi connectivity index (χ1) is 18.7. The van der Waals surface area contributed by atoms with Crippen LogP contribution in [0.5, 0.6) is 0 Å². The van der Waals surface area contributed by atoms with E-state index in [0.717, 1.165) is 37.7 Å². The fourth-order valence-electron chi connectivity index (χ4n) is 10.8. The Bertz CT molecular complexity index is 1220. The van der Waals surface area contributed by atoms with Crippen LogP contribution in [0.1, 0.15) is 106 Å². The van der Waals surface area contributed by atoms with Crippen LogP contribution in [-0.2, 0) is 14.4 Å². The van der Waals surface area contributed by atoms with E-state index < -0.39 is 17.7 Å². The predicted octanol–water partition coefficient (Wildman–Crippen LogP) is 7.20. The first-order valence-electron chi connectivity index (χ1n) is 15.2. The molecular weight excluding hydrogens is 531 g/mol. The molecule has 8 heteroatoms. The third kappa shape index (κ3) is 4.18. The second-order valence-electron chi connectivity index (χ2n) is 15.9. The third-order valence-electron chi connectivity index (χ3n) is 13.6. The van der Waals surface area contributed by atoms with E-state index >= 15 is 0 Å². The highest BCUT2D eigenvalue weighted by Gasteiger charge is 2.70. The van der Waals surface area contributed by atoms with Crippen LogP contribution in [0.3, 0.4) is 0 Å². The summed E-state index contributed by atoms with van der Waals surface area (Å²) in [6, 6.07) is 1.77. The lowest BCUT2D eigenvalue weighted by Crippen LogP contribution is -2.66. The number of fused-ring (bicyclic) bond motifs is 7. The number of aliphatic hydroxyl groups excluding tert-OH is 1. The molecule has 5 aliphatic carbocycles. The van der Waals surface area contributed by atoms with Crippen molar-refractivity contribution in [1.82, 2.24) is 5.06 Å². The molecule has 5 rings (SSSR count). The smallest absolute Gasteiger partial charge is 0.393 e. The SMILES string of the molecule is C#CN(OC(F)(F)F)C(=O)[C@@]1(C)CC[C@]2(C)CC[C@]3(C)C(=CC(=O)[C@@H]4[C@@]5(C)CC[C@H](O)C(C)(C)C5CC[C@]43C)[C@@H]2C1. The molecule has 1 N–H and O–H groups in total. The molecule has 5 nitrogen and oxygen atoms in total. The van der Waals surface area contributed by atoms with Gasteiger partial charge in [-0.1, -0.05) is 60.5 Å². The second kappa shape index (κ2) is 9.08. The number of amides is 1. The number of halogens is 3. The molecule has 0 aromatic carbocycles. The van der Waals surface area contributed by atoms with E-state index in [1.54, 1.807) is 13.0 Å². The summed E-state index contributed by atoms with van der Waals surface area (Å²) in [4.78, 5) is 31.7. The van der Waals surface area contributed by atoms with Gasteiger partial charge in [0.1, 0.15) is 0 Å². The van der Waals surface area contributed by atoms with E-state index in [9.17, 15) is 27.9 Å². The fourth-order valence-corrected chi connectivity index (χ4v) is 10.8. The van der Waals surface area contributed by atoms with Crippen LogP contribution in [-0.4, -0.2) is 34.3 Å². The maximum atomic E-state index is 14.4. The normalized spacial score (nSPS) is 47.1. The molecule has 4 saturated carbocycles. The van der Waals surface area contributed by atoms with Crippen LogP contribution in [0, 0.1) is 62.7 Å². The van der Waals surface area contributed by atoms with E-state index in [0.29, 0.717) is 25.7 Å². The van der Waals surface area contributed by atoms with Gasteiger partial charge in [0.15, 0.2) is 5.78 Å². The first-order valence-corrected chi connectivity index (χ1v) is 15.2. The maximum Gasteiger partial charge on any atom is 0.545 e. The highest BCUT2D eigenvalue weighted by molar-refractivity contribution is 5.95. The number of aliphatic hydroxyl groups is 1. The average Bonchev–Trinajstić information content (AvgIpc) is 2.86. The summed E-state index contributed by atoms with van der Waals surface area (Å²) in [5.41, 5.74) is -1.38. The van der Waals surface area contributed by atoms with Crippen LogP contribution in [0.15, 0.2) is 11.6 Å². The highest BCUT2D eigenvalue weighted by atomic mass is 19.4. The van der Waals surface area contributed by atoms with E-state index in [-0.39, 0.29) is 61.8 Å². The first kappa shape index (κ1) is 30.6. The third-order valence-corrected chi connectivity index (χ3v) is 13.6. The molecule has 4 fully saturated rings. The molecule has 1 amide bonds. The zero-order valence-electron chi connectivity index (χ0n) is 25.6. The molecule has 0 aromatic heterocycles. The lowest BCUT2D eigenvalue weighted by atomic mass is 9.33. The van der Waals surface area contributed by atoms with Gasteiger partial charge in [0.2, 0.25) is 0 Å². The lowest BCUT2D eigenvalue weighted by molar-refractivity contribution is -0.390. The van der Waals surface area contributed by atoms with Gasteiger partial charge in [-0.15, -0.1) is 18.2 Å². The molecule has 41 heavy (non-hydrogen) atoms. The van der Waals surface area contributed by atoms with Crippen LogP contribution in [0.25, 0.3) is 0 Å². The van der Waals surface area contributed by atoms with Gasteiger partial charge in [-0.2, -0.15) is 4.84 Å². The zero-order chi connectivity index (χ0) is 30.6. The zero-order valence-corrected chi connectivity index (χ0v) is 25.6. The number of carbonyl (C=O) groups is 2. The van der Waals surface area contributed by atoms with Gasteiger partial charge in [-0.3, -0.25) is 9.59 Å². The van der Waals surface area contributed by atoms with Crippen molar-refractivity contribution in [2.45, 2.75) is 119 Å². The minimum absolute atomic E-state index is 0.00377. The standard InChI is InChI=1S/C33H46F3NO4/c1-9-37(41-33(34,35)36)26(40)29(5)15-14-28(4)16-17-31(7)20(21(28)19-29)18-22(38)25-30(6)12-11-24(39)27(2,3)23(30)10-13-32(25,31)8/h1,18,21,23-25,39H,10-17,19H2,2-8H3/t21-,23?,24-,25+,28+,29-,30-,31+,32+/m0/s1. The van der Waals surface area contributed by atoms with Crippen molar-refractivity contribution in [3.8, 4) is 12.5 Å². The van der Waals surface area contributed by atoms with Crippen molar-refractivity contribution in [3.05, 3.63) is 11.6 Å². The second-order valence-corrected chi connectivity index (χ2v) is 15.9. The molecule has 1 unspecified atom stereocenters. The summed E-state index contributed by atoms with van der Waals surface area (Å²) in [5, 5.41) is 10.9. The Hall–Kier alpha value is -1.85. The van der Waals surface area contributed by atoms with Crippen molar-refractivity contribution < 1.29 is 32.7 Å². The van der Waals surface area contributed by atoms with Gasteiger partial charge in [0.05, 0.1) is 11.5 Å². The van der Waals surface area contributed by atoms with Crippen molar-refractivity contribution in [1.29, 1.82) is 0 Å². The van der Waals surface area contributed by atoms with Crippen molar-refractivity contribution in [2.24, 2.45) is 50.2 Å². The number of hydrogen-bond donors (Lipinski definition) is 1. The maximum absolute atomic E-state index is 14.4. The summed E-state index contributed by atoms with van der Waals surface area (Å²) in [6.45, 7) is 15.0. The fraction of sp³-hybridized carbons (Fsp3) is 0.818. The Kier molecular flexibility index (Phi) is 6.78. The number of allylic oxidation sites excluding steroid dienone is 2. The van der Waals surface area contributed by atoms with Gasteiger partial charge in [0.25, 0.3) is 5.91 Å². The molecule has 5 aliphatic rings. The summed E-state index contributed by atoms with van der Waals surface area (Å²) >= 11 is 0. The van der Waals surface area contributed by atoms with Crippen LogP contribution in [0.2, 0.25) is 0 Å². The van der Waals surface area contributed by atoms with Crippen LogP contribution >= 0.6 is 0 Å². The van der Waals surface area contributed by atoms with Crippen molar-refractivity contribution >= 4 is 11.7 Å². The molecule has 0 spiro atoms. The quantitative estimate of drug-likeness (QED) is 0.214. The number of ketones is 1. The summed E-state index contributed by atoms with van der Waals surface area (Å²) in [5.74, 6) is -0.812. The molecular formula is C33H46F3NO4. The van der Waals surface area contributed by atoms with Gasteiger partial charge < -0.3 is 5.11 Å². The monoisotopic (exact) mass is 577 g/mol. The molecule has 0 bridgehead atoms. The largest absolute Gasteiger partial charge is 0.545 e. The minimum Gasteiger partial charge on any atom is -0.393 e. The molecule has 0 heterocycles. The topological polar surface area (TPSA) is 66.8 Å². The molecule has 0 saturated heterocycles. The number of alkyl halides is 3. The molecule has 0 aromatic rings. The van der Waals surface area contributed by atoms with Gasteiger partial charge >= 0.3 is 6.36 Å². The van der Waals surface area contributed by atoms with Crippen molar-refractivity contribution in [2.75, 3.05) is 0 Å². The Morgan fingerprint density at radius 3 is 2.27 bits per heavy atom. The summed E-state index contributed by atoms with van der Waals surface area (Å²) in [7, 11) is 0. The van der Waals surface area contributed by atoms with Crippen LogP contribution in [0.4, 0.5) is 13.2 Å². The van der Waals surface area contributed by atoms with E-state index in [1.807, 2.05) is 6.08 Å². The predicted molar refractivity (Wildman–Crippen MR) is 148 cm³/mol. The summed E-state index contributed by atoms with van der Waals surface area (Å²) in [6.07, 6.45) is 8.22. The Morgan fingerprint density at radius 1 is 1.02 bits per heavy atom. The Balaban J connectivity index is 1.55. The van der Waals surface area contributed by atoms with E-state index in [4.69, 9.17) is 6.42 Å². The molecule has 0 aliphatic heterocycles. The number of carbonyl (C=O) groups excluding carboxylic acids is 2. The number of rotatable bonds is 2.